The molecule has 1 saturated carbocycles. The van der Waals surface area contributed by atoms with Crippen molar-refractivity contribution in [3.8, 4) is 0 Å². The molecule has 6 heteroatoms. The second kappa shape index (κ2) is 3.91. The van der Waals surface area contributed by atoms with E-state index in [9.17, 15) is 9.18 Å². The molecule has 0 radical (unpaired) electrons. The maximum absolute atomic E-state index is 12.7. The monoisotopic (exact) mass is 250 g/mol. The number of hydrogen-bond donors (Lipinski definition) is 2. The van der Waals surface area contributed by atoms with Crippen molar-refractivity contribution in [2.75, 3.05) is 18.0 Å². The highest BCUT2D eigenvalue weighted by Crippen LogP contribution is 2.52. The van der Waals surface area contributed by atoms with Crippen molar-refractivity contribution in [2.24, 2.45) is 17.2 Å². The minimum absolute atomic E-state index is 0.0540. The molecule has 18 heavy (non-hydrogen) atoms. The number of aromatic nitrogens is 1. The molecular weight excluding hydrogens is 235 g/mol. The van der Waals surface area contributed by atoms with Gasteiger partial charge in [0.2, 0.25) is 5.91 Å². The number of pyridine rings is 1. The van der Waals surface area contributed by atoms with Gasteiger partial charge >= 0.3 is 0 Å². The number of nitrogens with two attached hydrogens (primary N) is 1. The maximum atomic E-state index is 12.7. The Bertz CT molecular complexity index is 461. The minimum Gasteiger partial charge on any atom is -0.355 e. The van der Waals surface area contributed by atoms with Gasteiger partial charge in [-0.05, 0) is 25.0 Å². The lowest BCUT2D eigenvalue weighted by Crippen LogP contribution is -2.64. The Morgan fingerprint density at radius 2 is 2.22 bits per heavy atom. The summed E-state index contributed by atoms with van der Waals surface area (Å²) in [6.45, 7) is 1.78. The van der Waals surface area contributed by atoms with Crippen molar-refractivity contribution < 1.29 is 9.18 Å². The van der Waals surface area contributed by atoms with Crippen molar-refractivity contribution >= 4 is 11.7 Å². The average Bonchev–Trinajstić information content (AvgIpc) is 2.27. The van der Waals surface area contributed by atoms with Crippen LogP contribution >= 0.6 is 0 Å². The van der Waals surface area contributed by atoms with Crippen molar-refractivity contribution in [3.63, 3.8) is 0 Å². The zero-order valence-corrected chi connectivity index (χ0v) is 9.90. The summed E-state index contributed by atoms with van der Waals surface area (Å²) in [5, 5.41) is 0. The molecule has 1 aromatic heterocycles. The van der Waals surface area contributed by atoms with E-state index in [4.69, 9.17) is 5.84 Å². The molecule has 0 aromatic carbocycles. The topological polar surface area (TPSA) is 71.2 Å². The van der Waals surface area contributed by atoms with Crippen LogP contribution in [0.1, 0.15) is 12.8 Å². The van der Waals surface area contributed by atoms with Gasteiger partial charge in [0.1, 0.15) is 11.6 Å². The third-order valence-corrected chi connectivity index (χ3v) is 3.96. The van der Waals surface area contributed by atoms with E-state index in [1.54, 1.807) is 6.07 Å². The van der Waals surface area contributed by atoms with E-state index >= 15 is 0 Å². The summed E-state index contributed by atoms with van der Waals surface area (Å²) < 4.78 is 12.7. The number of nitrogens with one attached hydrogen (secondary N) is 1. The Hall–Kier alpha value is -1.69. The van der Waals surface area contributed by atoms with E-state index in [2.05, 4.69) is 15.3 Å². The third-order valence-electron chi connectivity index (χ3n) is 3.96. The highest BCUT2D eigenvalue weighted by molar-refractivity contribution is 5.79. The van der Waals surface area contributed by atoms with Crippen LogP contribution in [-0.2, 0) is 4.79 Å². The molecule has 2 fully saturated rings. The number of carbonyl (C=O) groups is 1. The summed E-state index contributed by atoms with van der Waals surface area (Å²) in [5.41, 5.74) is 2.44. The fraction of sp³-hybridized carbons (Fsp3) is 0.500. The lowest BCUT2D eigenvalue weighted by atomic mass is 9.57. The van der Waals surface area contributed by atoms with Gasteiger partial charge in [-0.15, -0.1) is 0 Å². The van der Waals surface area contributed by atoms with Crippen molar-refractivity contribution in [1.82, 2.24) is 10.4 Å². The Morgan fingerprint density at radius 3 is 2.78 bits per heavy atom. The summed E-state index contributed by atoms with van der Waals surface area (Å²) >= 11 is 0. The number of hydrogen-bond acceptors (Lipinski definition) is 4. The molecule has 3 N–H and O–H groups in total. The van der Waals surface area contributed by atoms with E-state index in [0.29, 0.717) is 0 Å². The van der Waals surface area contributed by atoms with E-state index in [1.165, 1.54) is 12.3 Å². The number of amides is 1. The SMILES string of the molecule is NNC(=O)C1CC2(C1)CN(c1ccc(F)cn1)C2. The molecule has 3 rings (SSSR count). The van der Waals surface area contributed by atoms with Gasteiger partial charge in [0, 0.05) is 24.4 Å². The molecular formula is C12H15FN4O. The fourth-order valence-corrected chi connectivity index (χ4v) is 3.03. The van der Waals surface area contributed by atoms with E-state index in [0.717, 1.165) is 31.7 Å². The first-order chi connectivity index (χ1) is 8.62. The smallest absolute Gasteiger partial charge is 0.237 e. The average molecular weight is 250 g/mol. The van der Waals surface area contributed by atoms with Crippen molar-refractivity contribution in [3.05, 3.63) is 24.1 Å². The second-order valence-corrected chi connectivity index (χ2v) is 5.30. The zero-order chi connectivity index (χ0) is 12.8. The fourth-order valence-electron chi connectivity index (χ4n) is 3.03. The van der Waals surface area contributed by atoms with Gasteiger partial charge in [0.15, 0.2) is 0 Å². The van der Waals surface area contributed by atoms with Gasteiger partial charge < -0.3 is 4.90 Å². The number of carbonyl (C=O) groups excluding carboxylic acids is 1. The molecule has 1 aliphatic carbocycles. The number of anilines is 1. The van der Waals surface area contributed by atoms with Crippen LogP contribution in [-0.4, -0.2) is 24.0 Å². The van der Waals surface area contributed by atoms with E-state index < -0.39 is 0 Å². The molecule has 96 valence electrons. The summed E-state index contributed by atoms with van der Waals surface area (Å²) in [6, 6.07) is 3.10. The molecule has 2 heterocycles. The normalized spacial score (nSPS) is 21.3. The predicted molar refractivity (Wildman–Crippen MR) is 63.9 cm³/mol. The summed E-state index contributed by atoms with van der Waals surface area (Å²) in [7, 11) is 0. The van der Waals surface area contributed by atoms with Crippen LogP contribution in [0.2, 0.25) is 0 Å². The van der Waals surface area contributed by atoms with Gasteiger partial charge in [0.25, 0.3) is 0 Å². The summed E-state index contributed by atoms with van der Waals surface area (Å²) in [6.07, 6.45) is 2.99. The van der Waals surface area contributed by atoms with Crippen LogP contribution in [0.3, 0.4) is 0 Å². The van der Waals surface area contributed by atoms with Gasteiger partial charge in [-0.25, -0.2) is 15.2 Å². The van der Waals surface area contributed by atoms with E-state index in [1.807, 2.05) is 0 Å². The largest absolute Gasteiger partial charge is 0.355 e. The van der Waals surface area contributed by atoms with Gasteiger partial charge in [-0.2, -0.15) is 0 Å². The van der Waals surface area contributed by atoms with Crippen LogP contribution in [0, 0.1) is 17.2 Å². The third kappa shape index (κ3) is 1.73. The van der Waals surface area contributed by atoms with Crippen LogP contribution in [0.15, 0.2) is 18.3 Å². The van der Waals surface area contributed by atoms with Crippen molar-refractivity contribution in [1.29, 1.82) is 0 Å². The van der Waals surface area contributed by atoms with Crippen LogP contribution in [0.5, 0.6) is 0 Å². The molecule has 1 aliphatic heterocycles. The lowest BCUT2D eigenvalue weighted by Gasteiger charge is -2.58. The first kappa shape index (κ1) is 11.4. The van der Waals surface area contributed by atoms with Gasteiger partial charge in [-0.1, -0.05) is 0 Å². The first-order valence-electron chi connectivity index (χ1n) is 5.99. The maximum Gasteiger partial charge on any atom is 0.237 e. The molecule has 0 atom stereocenters. The molecule has 5 nitrogen and oxygen atoms in total. The molecule has 1 saturated heterocycles. The highest BCUT2D eigenvalue weighted by Gasteiger charge is 2.54. The molecule has 2 aliphatic rings. The molecule has 1 aromatic rings. The van der Waals surface area contributed by atoms with Crippen LogP contribution in [0.4, 0.5) is 10.2 Å². The first-order valence-corrected chi connectivity index (χ1v) is 5.99. The standard InChI is InChI=1S/C12H15FN4O/c13-9-1-2-10(15-5-9)17-6-12(7-17)3-8(4-12)11(18)16-14/h1-2,5,8H,3-4,6-7,14H2,(H,16,18). The Kier molecular flexibility index (Phi) is 2.48. The van der Waals surface area contributed by atoms with Gasteiger partial charge in [-0.3, -0.25) is 10.2 Å². The number of hydrazine groups is 1. The molecule has 1 amide bonds. The highest BCUT2D eigenvalue weighted by atomic mass is 19.1. The summed E-state index contributed by atoms with van der Waals surface area (Å²) in [5.74, 6) is 5.57. The zero-order valence-electron chi connectivity index (χ0n) is 9.90. The number of rotatable bonds is 2. The molecule has 0 unspecified atom stereocenters. The van der Waals surface area contributed by atoms with Crippen LogP contribution < -0.4 is 16.2 Å². The lowest BCUT2D eigenvalue weighted by molar-refractivity contribution is -0.133. The number of nitrogens with zero attached hydrogens (tertiary/aromatic N) is 2. The number of halogens is 1. The summed E-state index contributed by atoms with van der Waals surface area (Å²) in [4.78, 5) is 17.5. The van der Waals surface area contributed by atoms with E-state index in [-0.39, 0.29) is 23.1 Å². The van der Waals surface area contributed by atoms with Gasteiger partial charge in [0.05, 0.1) is 6.20 Å². The molecule has 0 bridgehead atoms. The molecule has 1 spiro atoms. The van der Waals surface area contributed by atoms with Crippen molar-refractivity contribution in [2.45, 2.75) is 12.8 Å². The Labute approximate surface area is 104 Å². The quantitative estimate of drug-likeness (QED) is 0.453. The Morgan fingerprint density at radius 1 is 1.50 bits per heavy atom. The Balaban J connectivity index is 1.55. The predicted octanol–water partition coefficient (Wildman–Crippen LogP) is 0.427. The van der Waals surface area contributed by atoms with Crippen LogP contribution in [0.25, 0.3) is 0 Å². The minimum atomic E-state index is -0.322. The second-order valence-electron chi connectivity index (χ2n) is 5.30.